The molecule has 0 unspecified atom stereocenters. The first-order chi connectivity index (χ1) is 16.1. The minimum atomic E-state index is 0.145. The Kier molecular flexibility index (Phi) is 5.80. The summed E-state index contributed by atoms with van der Waals surface area (Å²) in [5.74, 6) is 0. The van der Waals surface area contributed by atoms with Crippen LogP contribution in [0.1, 0.15) is 11.1 Å². The number of anilines is 2. The average molecular weight is 454 g/mol. The maximum absolute atomic E-state index is 9.73. The fourth-order valence-corrected chi connectivity index (χ4v) is 5.02. The number of nitriles is 1. The normalized spacial score (nSPS) is 11.3. The second-order valence-electron chi connectivity index (χ2n) is 8.05. The number of benzene rings is 2. The van der Waals surface area contributed by atoms with Gasteiger partial charge in [-0.1, -0.05) is 18.2 Å². The van der Waals surface area contributed by atoms with E-state index in [4.69, 9.17) is 5.11 Å². The molecule has 2 aromatic carbocycles. The number of aliphatic hydroxyl groups is 1. The molecule has 0 fully saturated rings. The zero-order valence-corrected chi connectivity index (χ0v) is 19.0. The molecule has 0 aliphatic carbocycles. The minimum absolute atomic E-state index is 0.145. The number of hydrogen-bond acceptors (Lipinski definition) is 6. The molecule has 6 nitrogen and oxygen atoms in total. The van der Waals surface area contributed by atoms with Crippen molar-refractivity contribution in [2.24, 2.45) is 0 Å². The predicted octanol–water partition coefficient (Wildman–Crippen LogP) is 5.48. The molecule has 3 heterocycles. The highest BCUT2D eigenvalue weighted by Gasteiger charge is 2.14. The van der Waals surface area contributed by atoms with Crippen molar-refractivity contribution >= 4 is 43.8 Å². The predicted molar refractivity (Wildman–Crippen MR) is 135 cm³/mol. The van der Waals surface area contributed by atoms with Crippen LogP contribution in [0, 0.1) is 11.3 Å². The number of pyridine rings is 1. The van der Waals surface area contributed by atoms with E-state index in [9.17, 15) is 5.26 Å². The second kappa shape index (κ2) is 9.04. The fourth-order valence-electron chi connectivity index (χ4n) is 4.01. The SMILES string of the molecule is CN(CCO)Cc1cccc(-c2cc3c(Nc4ccc5[nH]ccc5c4)c(C#N)cnc3s2)c1. The average Bonchev–Trinajstić information content (AvgIpc) is 3.46. The van der Waals surface area contributed by atoms with E-state index in [2.05, 4.69) is 62.7 Å². The number of aromatic amines is 1. The van der Waals surface area contributed by atoms with Crippen molar-refractivity contribution in [1.29, 1.82) is 5.26 Å². The Balaban J connectivity index is 1.52. The van der Waals surface area contributed by atoms with Crippen molar-refractivity contribution in [3.63, 3.8) is 0 Å². The second-order valence-corrected chi connectivity index (χ2v) is 9.09. The van der Waals surface area contributed by atoms with Crippen molar-refractivity contribution in [3.8, 4) is 16.5 Å². The number of likely N-dealkylation sites (N-methyl/N-ethyl adjacent to an activating group) is 1. The van der Waals surface area contributed by atoms with Crippen LogP contribution < -0.4 is 5.32 Å². The number of thiophene rings is 1. The smallest absolute Gasteiger partial charge is 0.126 e. The number of fused-ring (bicyclic) bond motifs is 2. The molecule has 0 aliphatic heterocycles. The maximum atomic E-state index is 9.73. The van der Waals surface area contributed by atoms with Crippen LogP contribution in [0.4, 0.5) is 11.4 Å². The molecule has 0 amide bonds. The van der Waals surface area contributed by atoms with E-state index in [1.54, 1.807) is 17.5 Å². The van der Waals surface area contributed by atoms with E-state index in [1.165, 1.54) is 5.56 Å². The molecular formula is C26H23N5OS. The van der Waals surface area contributed by atoms with Crippen LogP contribution in [0.25, 0.3) is 31.6 Å². The molecule has 0 spiro atoms. The summed E-state index contributed by atoms with van der Waals surface area (Å²) >= 11 is 1.62. The number of rotatable bonds is 7. The summed E-state index contributed by atoms with van der Waals surface area (Å²) in [6.45, 7) is 1.55. The number of nitrogens with one attached hydrogen (secondary N) is 2. The molecule has 7 heteroatoms. The van der Waals surface area contributed by atoms with Crippen molar-refractivity contribution in [2.75, 3.05) is 25.5 Å². The zero-order valence-electron chi connectivity index (χ0n) is 18.2. The van der Waals surface area contributed by atoms with Crippen molar-refractivity contribution in [1.82, 2.24) is 14.9 Å². The third kappa shape index (κ3) is 4.32. The van der Waals surface area contributed by atoms with Gasteiger partial charge in [-0.05, 0) is 54.6 Å². The summed E-state index contributed by atoms with van der Waals surface area (Å²) in [5.41, 5.74) is 5.59. The van der Waals surface area contributed by atoms with Gasteiger partial charge in [0.2, 0.25) is 0 Å². The van der Waals surface area contributed by atoms with Crippen LogP contribution >= 0.6 is 11.3 Å². The summed E-state index contributed by atoms with van der Waals surface area (Å²) in [5, 5.41) is 24.4. The third-order valence-corrected chi connectivity index (χ3v) is 6.74. The highest BCUT2D eigenvalue weighted by Crippen LogP contribution is 2.38. The van der Waals surface area contributed by atoms with Crippen LogP contribution in [0.3, 0.4) is 0 Å². The van der Waals surface area contributed by atoms with E-state index < -0.39 is 0 Å². The number of aromatic nitrogens is 2. The summed E-state index contributed by atoms with van der Waals surface area (Å²) in [7, 11) is 2.00. The largest absolute Gasteiger partial charge is 0.395 e. The van der Waals surface area contributed by atoms with Crippen LogP contribution in [-0.2, 0) is 6.54 Å². The van der Waals surface area contributed by atoms with Gasteiger partial charge in [0.1, 0.15) is 10.9 Å². The van der Waals surface area contributed by atoms with Gasteiger partial charge in [0.15, 0.2) is 0 Å². The van der Waals surface area contributed by atoms with E-state index >= 15 is 0 Å². The number of nitrogens with zero attached hydrogens (tertiary/aromatic N) is 3. The van der Waals surface area contributed by atoms with Crippen LogP contribution in [0.5, 0.6) is 0 Å². The standard InChI is InChI=1S/C26H23N5OS/c1-31(9-10-32)16-17-3-2-4-19(11-17)24-13-22-25(20(14-27)15-29-26(22)33-24)30-21-5-6-23-18(12-21)7-8-28-23/h2-8,11-13,15,28,32H,9-10,16H2,1H3,(H,29,30). The molecule has 164 valence electrons. The number of aliphatic hydroxyl groups excluding tert-OH is 1. The van der Waals surface area contributed by atoms with E-state index in [0.29, 0.717) is 12.1 Å². The van der Waals surface area contributed by atoms with Gasteiger partial charge in [0.25, 0.3) is 0 Å². The molecule has 3 N–H and O–H groups in total. The summed E-state index contributed by atoms with van der Waals surface area (Å²) < 4.78 is 0. The molecule has 0 saturated heterocycles. The first-order valence-corrected chi connectivity index (χ1v) is 11.5. The van der Waals surface area contributed by atoms with Crippen LogP contribution in [0.2, 0.25) is 0 Å². The van der Waals surface area contributed by atoms with Gasteiger partial charge < -0.3 is 15.4 Å². The molecule has 0 radical (unpaired) electrons. The number of H-pyrrole nitrogens is 1. The number of hydrogen-bond donors (Lipinski definition) is 3. The lowest BCUT2D eigenvalue weighted by molar-refractivity contribution is 0.217. The lowest BCUT2D eigenvalue weighted by atomic mass is 10.1. The summed E-state index contributed by atoms with van der Waals surface area (Å²) in [6.07, 6.45) is 3.56. The Morgan fingerprint density at radius 2 is 2.09 bits per heavy atom. The molecule has 0 atom stereocenters. The van der Waals surface area contributed by atoms with Crippen molar-refractivity contribution in [2.45, 2.75) is 6.54 Å². The van der Waals surface area contributed by atoms with Crippen molar-refractivity contribution < 1.29 is 5.11 Å². The van der Waals surface area contributed by atoms with Gasteiger partial charge in [-0.3, -0.25) is 4.90 Å². The first-order valence-electron chi connectivity index (χ1n) is 10.7. The van der Waals surface area contributed by atoms with E-state index in [-0.39, 0.29) is 6.61 Å². The summed E-state index contributed by atoms with van der Waals surface area (Å²) in [4.78, 5) is 11.8. The van der Waals surface area contributed by atoms with E-state index in [1.807, 2.05) is 31.4 Å². The molecule has 33 heavy (non-hydrogen) atoms. The Labute approximate surface area is 195 Å². The molecule has 0 aliphatic rings. The topological polar surface area (TPSA) is 88.0 Å². The Morgan fingerprint density at radius 3 is 2.94 bits per heavy atom. The third-order valence-electron chi connectivity index (χ3n) is 5.65. The zero-order chi connectivity index (χ0) is 22.8. The van der Waals surface area contributed by atoms with Gasteiger partial charge in [-0.25, -0.2) is 4.98 Å². The lowest BCUT2D eigenvalue weighted by Crippen LogP contribution is -2.21. The van der Waals surface area contributed by atoms with Gasteiger partial charge in [0, 0.05) is 52.3 Å². The molecule has 5 aromatic rings. The first kappa shape index (κ1) is 21.2. The molecular weight excluding hydrogens is 430 g/mol. The van der Waals surface area contributed by atoms with Gasteiger partial charge >= 0.3 is 0 Å². The molecule has 0 saturated carbocycles. The fraction of sp³-hybridized carbons (Fsp3) is 0.154. The molecule has 3 aromatic heterocycles. The highest BCUT2D eigenvalue weighted by atomic mass is 32.1. The van der Waals surface area contributed by atoms with Crippen LogP contribution in [-0.4, -0.2) is 40.2 Å². The Hall–Kier alpha value is -3.70. The minimum Gasteiger partial charge on any atom is -0.395 e. The maximum Gasteiger partial charge on any atom is 0.126 e. The molecule has 5 rings (SSSR count). The van der Waals surface area contributed by atoms with Gasteiger partial charge in [0.05, 0.1) is 17.9 Å². The van der Waals surface area contributed by atoms with E-state index in [0.717, 1.165) is 49.5 Å². The van der Waals surface area contributed by atoms with Crippen LogP contribution in [0.15, 0.2) is 67.0 Å². The van der Waals surface area contributed by atoms with Gasteiger partial charge in [-0.15, -0.1) is 11.3 Å². The Morgan fingerprint density at radius 1 is 1.18 bits per heavy atom. The quantitative estimate of drug-likeness (QED) is 0.304. The monoisotopic (exact) mass is 453 g/mol. The summed E-state index contributed by atoms with van der Waals surface area (Å²) in [6, 6.07) is 21.0. The van der Waals surface area contributed by atoms with Gasteiger partial charge in [-0.2, -0.15) is 5.26 Å². The lowest BCUT2D eigenvalue weighted by Gasteiger charge is -2.15. The van der Waals surface area contributed by atoms with Crippen molar-refractivity contribution in [3.05, 3.63) is 78.1 Å². The Bertz CT molecular complexity index is 1480. The highest BCUT2D eigenvalue weighted by molar-refractivity contribution is 7.22. The molecule has 0 bridgehead atoms.